The third kappa shape index (κ3) is 10.4. The number of hydrogen-bond donors (Lipinski definition) is 2. The van der Waals surface area contributed by atoms with Crippen molar-refractivity contribution in [2.45, 2.75) is 31.5 Å². The second kappa shape index (κ2) is 17.9. The summed E-state index contributed by atoms with van der Waals surface area (Å²) >= 11 is 28.9. The maximum Gasteiger partial charge on any atom is 0.134 e. The van der Waals surface area contributed by atoms with Crippen molar-refractivity contribution in [3.63, 3.8) is 0 Å². The van der Waals surface area contributed by atoms with Crippen molar-refractivity contribution in [1.82, 2.24) is 0 Å². The van der Waals surface area contributed by atoms with Gasteiger partial charge in [0.2, 0.25) is 0 Å². The Hall–Kier alpha value is -0.160. The lowest BCUT2D eigenvalue weighted by molar-refractivity contribution is 0.0623. The van der Waals surface area contributed by atoms with Crippen LogP contribution in [-0.2, 0) is 5.41 Å². The molecular weight excluding hydrogens is 1130 g/mol. The summed E-state index contributed by atoms with van der Waals surface area (Å²) in [5.74, 6) is 2.42. The molecule has 4 aromatic rings. The van der Waals surface area contributed by atoms with Gasteiger partial charge in [-0.2, -0.15) is 0 Å². The first-order valence-electron chi connectivity index (χ1n) is 13.9. The molecule has 0 aliphatic rings. The van der Waals surface area contributed by atoms with Gasteiger partial charge >= 0.3 is 0 Å². The van der Waals surface area contributed by atoms with Crippen LogP contribution in [0.3, 0.4) is 0 Å². The van der Waals surface area contributed by atoms with Gasteiger partial charge < -0.3 is 29.2 Å². The molecule has 6 nitrogen and oxygen atoms in total. The smallest absolute Gasteiger partial charge is 0.134 e. The topological polar surface area (TPSA) is 77.4 Å². The summed E-state index contributed by atoms with van der Waals surface area (Å²) in [4.78, 5) is 0. The van der Waals surface area contributed by atoms with E-state index in [0.717, 1.165) is 46.9 Å². The van der Waals surface area contributed by atoms with Gasteiger partial charge in [-0.05, 0) is 123 Å². The van der Waals surface area contributed by atoms with Crippen molar-refractivity contribution in [1.29, 1.82) is 0 Å². The molecule has 0 aliphatic heterocycles. The molecule has 2 unspecified atom stereocenters. The van der Waals surface area contributed by atoms with Gasteiger partial charge in [-0.1, -0.05) is 89.7 Å². The van der Waals surface area contributed by atoms with Gasteiger partial charge in [0, 0.05) is 32.3 Å². The van der Waals surface area contributed by atoms with Gasteiger partial charge in [0.05, 0.1) is 8.95 Å². The lowest BCUT2D eigenvalue weighted by Crippen LogP contribution is -2.26. The average Bonchev–Trinajstić information content (AvgIpc) is 2.99. The Morgan fingerprint density at radius 3 is 1.17 bits per heavy atom. The molecular formula is C33H28Br8O6. The van der Waals surface area contributed by atoms with Crippen molar-refractivity contribution < 1.29 is 29.2 Å². The quantitative estimate of drug-likeness (QED) is 0.131. The van der Waals surface area contributed by atoms with Gasteiger partial charge in [-0.25, -0.2) is 0 Å². The molecule has 0 aromatic heterocycles. The number of ether oxygens (including phenoxy) is 4. The fraction of sp³-hybridized carbons (Fsp3) is 0.273. The zero-order chi connectivity index (χ0) is 34.5. The van der Waals surface area contributed by atoms with Gasteiger partial charge in [0.15, 0.2) is 0 Å². The highest BCUT2D eigenvalue weighted by Gasteiger charge is 2.33. The molecule has 0 amide bonds. The van der Waals surface area contributed by atoms with E-state index in [2.05, 4.69) is 141 Å². The van der Waals surface area contributed by atoms with Gasteiger partial charge in [-0.15, -0.1) is 0 Å². The molecule has 0 saturated heterocycles. The zero-order valence-electron chi connectivity index (χ0n) is 24.8. The summed E-state index contributed by atoms with van der Waals surface area (Å²) < 4.78 is 30.0. The standard InChI is InChI=1S/C33H28Br8O6/c1-33(2,29-23(36)9-19(10-24(29)37)44-13-17(42)15-46-27-7-3-5-21(34)31(27)40)30-25(38)11-20(12-26(30)39)45-14-18(43)16-47-28-8-4-6-22(35)32(28)41/h3-12,17-18,42-43H,13-16H2,1-2H3. The van der Waals surface area contributed by atoms with Crippen molar-refractivity contribution >= 4 is 127 Å². The van der Waals surface area contributed by atoms with Crippen LogP contribution >= 0.6 is 127 Å². The molecule has 0 saturated carbocycles. The van der Waals surface area contributed by atoms with Crippen molar-refractivity contribution in [3.8, 4) is 23.0 Å². The Balaban J connectivity index is 1.39. The van der Waals surface area contributed by atoms with E-state index >= 15 is 0 Å². The lowest BCUT2D eigenvalue weighted by atomic mass is 9.78. The van der Waals surface area contributed by atoms with E-state index in [1.807, 2.05) is 60.7 Å². The lowest BCUT2D eigenvalue weighted by Gasteiger charge is -2.31. The number of hydrogen-bond acceptors (Lipinski definition) is 6. The van der Waals surface area contributed by atoms with Crippen LogP contribution < -0.4 is 18.9 Å². The molecule has 14 heteroatoms. The van der Waals surface area contributed by atoms with Crippen LogP contribution in [0, 0.1) is 0 Å². The Morgan fingerprint density at radius 2 is 0.830 bits per heavy atom. The summed E-state index contributed by atoms with van der Waals surface area (Å²) in [5, 5.41) is 21.0. The summed E-state index contributed by atoms with van der Waals surface area (Å²) in [6.07, 6.45) is -1.69. The van der Waals surface area contributed by atoms with E-state index in [1.165, 1.54) is 0 Å². The van der Waals surface area contributed by atoms with Crippen molar-refractivity contribution in [2.75, 3.05) is 26.4 Å². The predicted octanol–water partition coefficient (Wildman–Crippen LogP) is 11.7. The van der Waals surface area contributed by atoms with Crippen LogP contribution in [0.1, 0.15) is 25.0 Å². The molecule has 0 heterocycles. The van der Waals surface area contributed by atoms with E-state index in [-0.39, 0.29) is 26.4 Å². The number of halogens is 8. The van der Waals surface area contributed by atoms with Gasteiger partial charge in [0.1, 0.15) is 61.6 Å². The van der Waals surface area contributed by atoms with E-state index in [4.69, 9.17) is 18.9 Å². The zero-order valence-corrected chi connectivity index (χ0v) is 37.5. The molecule has 4 rings (SSSR count). The van der Waals surface area contributed by atoms with Crippen LogP contribution in [0.2, 0.25) is 0 Å². The first-order valence-corrected chi connectivity index (χ1v) is 20.3. The fourth-order valence-corrected chi connectivity index (χ4v) is 10.4. The molecule has 2 atom stereocenters. The van der Waals surface area contributed by atoms with E-state index in [1.54, 1.807) is 0 Å². The molecule has 0 aliphatic carbocycles. The maximum absolute atomic E-state index is 10.5. The minimum absolute atomic E-state index is 0.0498. The Kier molecular flexibility index (Phi) is 15.1. The molecule has 0 spiro atoms. The molecule has 252 valence electrons. The van der Waals surface area contributed by atoms with Gasteiger partial charge in [-0.3, -0.25) is 0 Å². The predicted molar refractivity (Wildman–Crippen MR) is 213 cm³/mol. The van der Waals surface area contributed by atoms with Crippen LogP contribution in [-0.4, -0.2) is 48.8 Å². The highest BCUT2D eigenvalue weighted by atomic mass is 79.9. The summed E-state index contributed by atoms with van der Waals surface area (Å²) in [6, 6.07) is 18.7. The van der Waals surface area contributed by atoms with Gasteiger partial charge in [0.25, 0.3) is 0 Å². The normalized spacial score (nSPS) is 12.9. The van der Waals surface area contributed by atoms with E-state index < -0.39 is 17.6 Å². The third-order valence-corrected chi connectivity index (χ3v) is 13.4. The number of rotatable bonds is 14. The molecule has 0 radical (unpaired) electrons. The Morgan fingerprint density at radius 1 is 0.511 bits per heavy atom. The van der Waals surface area contributed by atoms with Crippen LogP contribution in [0.25, 0.3) is 0 Å². The maximum atomic E-state index is 10.5. The molecule has 47 heavy (non-hydrogen) atoms. The van der Waals surface area contributed by atoms with Crippen LogP contribution in [0.15, 0.2) is 96.4 Å². The first-order chi connectivity index (χ1) is 22.2. The number of aliphatic hydroxyl groups is 2. The molecule has 4 aromatic carbocycles. The largest absolute Gasteiger partial charge is 0.491 e. The monoisotopic (exact) mass is 1150 g/mol. The highest BCUT2D eigenvalue weighted by Crippen LogP contribution is 2.48. The minimum Gasteiger partial charge on any atom is -0.491 e. The van der Waals surface area contributed by atoms with Crippen molar-refractivity contribution in [3.05, 3.63) is 108 Å². The average molecular weight is 1160 g/mol. The van der Waals surface area contributed by atoms with Crippen LogP contribution in [0.4, 0.5) is 0 Å². The molecule has 2 N–H and O–H groups in total. The Bertz CT molecular complexity index is 1550. The van der Waals surface area contributed by atoms with E-state index in [9.17, 15) is 10.2 Å². The molecule has 0 bridgehead atoms. The highest BCUT2D eigenvalue weighted by molar-refractivity contribution is 9.13. The second-order valence-corrected chi connectivity index (χ2v) is 17.5. The van der Waals surface area contributed by atoms with Crippen molar-refractivity contribution in [2.24, 2.45) is 0 Å². The third-order valence-electron chi connectivity index (χ3n) is 6.86. The summed E-state index contributed by atoms with van der Waals surface area (Å²) in [6.45, 7) is 4.47. The summed E-state index contributed by atoms with van der Waals surface area (Å²) in [7, 11) is 0. The fourth-order valence-electron chi connectivity index (χ4n) is 4.63. The minimum atomic E-state index is -0.843. The Labute approximate surface area is 341 Å². The number of benzene rings is 4. The van der Waals surface area contributed by atoms with E-state index in [0.29, 0.717) is 23.0 Å². The SMILES string of the molecule is CC(C)(c1c(Br)cc(OCC(O)COc2cccc(Br)c2Br)cc1Br)c1c(Br)cc(OCC(O)COc2cccc(Br)c2Br)cc1Br. The molecule has 0 fully saturated rings. The number of aliphatic hydroxyl groups excluding tert-OH is 2. The first kappa shape index (κ1) is 39.6. The van der Waals surface area contributed by atoms with Crippen LogP contribution in [0.5, 0.6) is 23.0 Å². The second-order valence-electron chi connectivity index (χ2n) is 10.8. The summed E-state index contributed by atoms with van der Waals surface area (Å²) in [5.41, 5.74) is 1.49.